The van der Waals surface area contributed by atoms with Gasteiger partial charge in [-0.25, -0.2) is 9.78 Å². The van der Waals surface area contributed by atoms with Crippen LogP contribution in [-0.2, 0) is 11.2 Å². The van der Waals surface area contributed by atoms with E-state index in [-0.39, 0.29) is 17.9 Å². The van der Waals surface area contributed by atoms with Crippen LogP contribution in [-0.4, -0.2) is 41.5 Å². The Morgan fingerprint density at radius 1 is 1.16 bits per heavy atom. The van der Waals surface area contributed by atoms with Gasteiger partial charge in [-0.3, -0.25) is 4.79 Å². The number of aromatic nitrogens is 1. The Kier molecular flexibility index (Phi) is 6.82. The number of carbonyl (C=O) groups is 2. The van der Waals surface area contributed by atoms with Crippen molar-refractivity contribution in [3.8, 4) is 0 Å². The summed E-state index contributed by atoms with van der Waals surface area (Å²) in [5.74, 6) is 0.456. The van der Waals surface area contributed by atoms with E-state index in [1.54, 1.807) is 11.3 Å². The zero-order valence-electron chi connectivity index (χ0n) is 17.8. The average Bonchev–Trinajstić information content (AvgIpc) is 3.21. The van der Waals surface area contributed by atoms with Gasteiger partial charge < -0.3 is 15.5 Å². The number of benzene rings is 2. The lowest BCUT2D eigenvalue weighted by atomic mass is 9.97. The topological polar surface area (TPSA) is 74.3 Å². The molecule has 2 heterocycles. The SMILES string of the molecule is Cc1ccc(NC(=O)NCC2CCCN(C(=O)CCc3nc4ccccc4s3)C2)cc1. The third-order valence-electron chi connectivity index (χ3n) is 5.62. The number of urea groups is 1. The Morgan fingerprint density at radius 2 is 1.97 bits per heavy atom. The molecule has 3 aromatic rings. The molecule has 31 heavy (non-hydrogen) atoms. The van der Waals surface area contributed by atoms with E-state index in [1.807, 2.05) is 54.3 Å². The molecule has 7 heteroatoms. The molecule has 2 aromatic carbocycles. The minimum Gasteiger partial charge on any atom is -0.342 e. The van der Waals surface area contributed by atoms with Gasteiger partial charge >= 0.3 is 6.03 Å². The fraction of sp³-hybridized carbons (Fsp3) is 0.375. The number of aryl methyl sites for hydroxylation is 2. The maximum atomic E-state index is 12.7. The van der Waals surface area contributed by atoms with Gasteiger partial charge in [0.1, 0.15) is 0 Å². The number of rotatable bonds is 6. The van der Waals surface area contributed by atoms with Crippen molar-refractivity contribution in [1.82, 2.24) is 15.2 Å². The maximum absolute atomic E-state index is 12.7. The zero-order valence-corrected chi connectivity index (χ0v) is 18.6. The van der Waals surface area contributed by atoms with Crippen molar-refractivity contribution in [3.05, 3.63) is 59.1 Å². The van der Waals surface area contributed by atoms with E-state index >= 15 is 0 Å². The molecule has 0 spiro atoms. The highest BCUT2D eigenvalue weighted by atomic mass is 32.1. The quantitative estimate of drug-likeness (QED) is 0.593. The Bertz CT molecular complexity index is 1010. The molecule has 0 radical (unpaired) electrons. The highest BCUT2D eigenvalue weighted by Gasteiger charge is 2.24. The highest BCUT2D eigenvalue weighted by molar-refractivity contribution is 7.18. The smallest absolute Gasteiger partial charge is 0.319 e. The van der Waals surface area contributed by atoms with Gasteiger partial charge in [0.15, 0.2) is 0 Å². The van der Waals surface area contributed by atoms with Crippen LogP contribution in [0.1, 0.15) is 29.8 Å². The van der Waals surface area contributed by atoms with E-state index < -0.39 is 0 Å². The number of likely N-dealkylation sites (tertiary alicyclic amines) is 1. The normalized spacial score (nSPS) is 16.3. The van der Waals surface area contributed by atoms with Crippen LogP contribution in [0.25, 0.3) is 10.2 Å². The summed E-state index contributed by atoms with van der Waals surface area (Å²) in [7, 11) is 0. The number of para-hydroxylation sites is 1. The van der Waals surface area contributed by atoms with Crippen LogP contribution < -0.4 is 10.6 Å². The highest BCUT2D eigenvalue weighted by Crippen LogP contribution is 2.23. The van der Waals surface area contributed by atoms with Crippen molar-refractivity contribution in [3.63, 3.8) is 0 Å². The second-order valence-corrected chi connectivity index (χ2v) is 9.24. The number of carbonyl (C=O) groups excluding carboxylic acids is 2. The zero-order chi connectivity index (χ0) is 21.6. The number of hydrogen-bond acceptors (Lipinski definition) is 4. The molecule has 0 saturated carbocycles. The second-order valence-electron chi connectivity index (χ2n) is 8.12. The molecule has 4 rings (SSSR count). The molecule has 162 valence electrons. The van der Waals surface area contributed by atoms with Crippen LogP contribution in [0.15, 0.2) is 48.5 Å². The van der Waals surface area contributed by atoms with Crippen LogP contribution in [0, 0.1) is 12.8 Å². The minimum absolute atomic E-state index is 0.174. The third-order valence-corrected chi connectivity index (χ3v) is 6.72. The molecule has 1 fully saturated rings. The van der Waals surface area contributed by atoms with Crippen molar-refractivity contribution in [2.24, 2.45) is 5.92 Å². The van der Waals surface area contributed by atoms with E-state index in [1.165, 1.54) is 0 Å². The largest absolute Gasteiger partial charge is 0.342 e. The summed E-state index contributed by atoms with van der Waals surface area (Å²) < 4.78 is 1.16. The first-order valence-corrected chi connectivity index (χ1v) is 11.6. The number of fused-ring (bicyclic) bond motifs is 1. The number of nitrogens with zero attached hydrogens (tertiary/aromatic N) is 2. The van der Waals surface area contributed by atoms with Gasteiger partial charge in [0.2, 0.25) is 5.91 Å². The van der Waals surface area contributed by atoms with Gasteiger partial charge in [0.25, 0.3) is 0 Å². The summed E-state index contributed by atoms with van der Waals surface area (Å²) in [6.45, 7) is 4.08. The molecule has 1 aromatic heterocycles. The van der Waals surface area contributed by atoms with Gasteiger partial charge in [-0.05, 0) is 49.9 Å². The standard InChI is InChI=1S/C24H28N4O2S/c1-17-8-10-19(11-9-17)26-24(30)25-15-18-5-4-14-28(16-18)23(29)13-12-22-27-20-6-2-3-7-21(20)31-22/h2-3,6-11,18H,4-5,12-16H2,1H3,(H2,25,26,30). The van der Waals surface area contributed by atoms with Gasteiger partial charge in [-0.1, -0.05) is 29.8 Å². The van der Waals surface area contributed by atoms with Gasteiger partial charge in [-0.15, -0.1) is 11.3 Å². The molecule has 1 aliphatic heterocycles. The molecule has 1 aliphatic rings. The third kappa shape index (κ3) is 5.82. The van der Waals surface area contributed by atoms with Crippen molar-refractivity contribution in [1.29, 1.82) is 0 Å². The number of amides is 3. The lowest BCUT2D eigenvalue weighted by molar-refractivity contribution is -0.132. The Hall–Kier alpha value is -2.93. The molecule has 1 atom stereocenters. The first kappa shape index (κ1) is 21.3. The fourth-order valence-corrected chi connectivity index (χ4v) is 4.87. The average molecular weight is 437 g/mol. The fourth-order valence-electron chi connectivity index (χ4n) is 3.91. The molecular weight excluding hydrogens is 408 g/mol. The van der Waals surface area contributed by atoms with Crippen LogP contribution >= 0.6 is 11.3 Å². The van der Waals surface area contributed by atoms with Gasteiger partial charge in [0.05, 0.1) is 15.2 Å². The van der Waals surface area contributed by atoms with Crippen molar-refractivity contribution < 1.29 is 9.59 Å². The maximum Gasteiger partial charge on any atom is 0.319 e. The second kappa shape index (κ2) is 9.92. The number of anilines is 1. The summed E-state index contributed by atoms with van der Waals surface area (Å²) >= 11 is 1.66. The molecule has 2 N–H and O–H groups in total. The number of thiazole rings is 1. The van der Waals surface area contributed by atoms with Crippen LogP contribution in [0.5, 0.6) is 0 Å². The van der Waals surface area contributed by atoms with E-state index in [0.29, 0.717) is 25.9 Å². The predicted molar refractivity (Wildman–Crippen MR) is 125 cm³/mol. The lowest BCUT2D eigenvalue weighted by Crippen LogP contribution is -2.44. The molecule has 3 amide bonds. The summed E-state index contributed by atoms with van der Waals surface area (Å²) in [4.78, 5) is 31.5. The van der Waals surface area contributed by atoms with Gasteiger partial charge in [-0.2, -0.15) is 0 Å². The predicted octanol–water partition coefficient (Wildman–Crippen LogP) is 4.60. The first-order chi connectivity index (χ1) is 15.1. The summed E-state index contributed by atoms with van der Waals surface area (Å²) in [6.07, 6.45) is 3.15. The van der Waals surface area contributed by atoms with Crippen molar-refractivity contribution in [2.75, 3.05) is 25.0 Å². The molecule has 1 unspecified atom stereocenters. The molecular formula is C24H28N4O2S. The van der Waals surface area contributed by atoms with Crippen LogP contribution in [0.2, 0.25) is 0 Å². The van der Waals surface area contributed by atoms with Crippen molar-refractivity contribution in [2.45, 2.75) is 32.6 Å². The Labute approximate surface area is 186 Å². The summed E-state index contributed by atoms with van der Waals surface area (Å²) in [5.41, 5.74) is 2.93. The van der Waals surface area contributed by atoms with E-state index in [2.05, 4.69) is 21.7 Å². The Balaban J connectivity index is 1.22. The van der Waals surface area contributed by atoms with E-state index in [0.717, 1.165) is 45.9 Å². The monoisotopic (exact) mass is 436 g/mol. The van der Waals surface area contributed by atoms with Crippen LogP contribution in [0.3, 0.4) is 0 Å². The van der Waals surface area contributed by atoms with E-state index in [4.69, 9.17) is 0 Å². The molecule has 1 saturated heterocycles. The first-order valence-electron chi connectivity index (χ1n) is 10.8. The molecule has 6 nitrogen and oxygen atoms in total. The lowest BCUT2D eigenvalue weighted by Gasteiger charge is -2.33. The van der Waals surface area contributed by atoms with Gasteiger partial charge in [0, 0.05) is 38.2 Å². The number of piperidine rings is 1. The van der Waals surface area contributed by atoms with Crippen molar-refractivity contribution >= 4 is 39.2 Å². The van der Waals surface area contributed by atoms with Crippen LogP contribution in [0.4, 0.5) is 10.5 Å². The minimum atomic E-state index is -0.205. The Morgan fingerprint density at radius 3 is 2.77 bits per heavy atom. The summed E-state index contributed by atoms with van der Waals surface area (Å²) in [6, 6.07) is 15.6. The van der Waals surface area contributed by atoms with E-state index in [9.17, 15) is 9.59 Å². The molecule has 0 bridgehead atoms. The number of hydrogen-bond donors (Lipinski definition) is 2. The summed E-state index contributed by atoms with van der Waals surface area (Å²) in [5, 5.41) is 6.82. The number of nitrogens with one attached hydrogen (secondary N) is 2. The molecule has 0 aliphatic carbocycles.